The fourth-order valence-electron chi connectivity index (χ4n) is 4.18. The zero-order valence-electron chi connectivity index (χ0n) is 12.8. The summed E-state index contributed by atoms with van der Waals surface area (Å²) in [4.78, 5) is 13.0. The molecule has 0 aromatic rings. The predicted molar refractivity (Wildman–Crippen MR) is 74.3 cm³/mol. The van der Waals surface area contributed by atoms with Crippen LogP contribution in [0.3, 0.4) is 0 Å². The van der Waals surface area contributed by atoms with Gasteiger partial charge in [-0.3, -0.25) is 4.79 Å². The number of hydrogen-bond acceptors (Lipinski definition) is 3. The number of likely N-dealkylation sites (tertiary alicyclic amines) is 1. The van der Waals surface area contributed by atoms with E-state index in [4.69, 9.17) is 4.74 Å². The van der Waals surface area contributed by atoms with Crippen molar-refractivity contribution in [1.29, 1.82) is 0 Å². The van der Waals surface area contributed by atoms with Crippen molar-refractivity contribution in [2.75, 3.05) is 19.7 Å². The van der Waals surface area contributed by atoms with Gasteiger partial charge in [-0.1, -0.05) is 6.42 Å². The number of carbonyl (C=O) groups excluding carboxylic acids is 1. The second-order valence-electron chi connectivity index (χ2n) is 6.70. The Balaban J connectivity index is 1.55. The zero-order chi connectivity index (χ0) is 16.0. The lowest BCUT2D eigenvalue weighted by atomic mass is 9.51. The van der Waals surface area contributed by atoms with Crippen LogP contribution in [-0.4, -0.2) is 54.9 Å². The largest absolute Gasteiger partial charge is 0.406 e. The standard InChI is InChI=1S/C15H23F3N2O2/c1-2-22-12-8-11(14(12)5-3-6-14)19-10-4-7-20(13(10)21)9-15(16,17)18/h10-12,19H,2-9H2,1H3/t10-,11-,12-/m1/s1. The Morgan fingerprint density at radius 1 is 1.41 bits per heavy atom. The summed E-state index contributed by atoms with van der Waals surface area (Å²) in [6, 6.07) is -0.259. The molecule has 0 bridgehead atoms. The maximum absolute atomic E-state index is 12.4. The average molecular weight is 320 g/mol. The number of carbonyl (C=O) groups is 1. The molecule has 0 aromatic heterocycles. The van der Waals surface area contributed by atoms with Gasteiger partial charge in [0.15, 0.2) is 0 Å². The Hall–Kier alpha value is -0.820. The van der Waals surface area contributed by atoms with Gasteiger partial charge in [0.2, 0.25) is 5.91 Å². The van der Waals surface area contributed by atoms with Crippen LogP contribution in [0.2, 0.25) is 0 Å². The average Bonchev–Trinajstić information content (AvgIpc) is 2.66. The molecule has 1 spiro atoms. The van der Waals surface area contributed by atoms with Crippen LogP contribution >= 0.6 is 0 Å². The van der Waals surface area contributed by atoms with Crippen LogP contribution < -0.4 is 5.32 Å². The minimum atomic E-state index is -4.32. The topological polar surface area (TPSA) is 41.6 Å². The second kappa shape index (κ2) is 5.67. The van der Waals surface area contributed by atoms with Crippen molar-refractivity contribution in [2.45, 2.75) is 63.4 Å². The van der Waals surface area contributed by atoms with Gasteiger partial charge in [0.1, 0.15) is 6.54 Å². The molecule has 3 rings (SSSR count). The molecule has 126 valence electrons. The lowest BCUT2D eigenvalue weighted by Gasteiger charge is -2.61. The predicted octanol–water partition coefficient (Wildman–Crippen LogP) is 2.09. The van der Waals surface area contributed by atoms with Crippen molar-refractivity contribution in [2.24, 2.45) is 5.41 Å². The molecule has 3 fully saturated rings. The molecule has 3 aliphatic rings. The molecule has 1 N–H and O–H groups in total. The van der Waals surface area contributed by atoms with Crippen molar-refractivity contribution >= 4 is 5.91 Å². The van der Waals surface area contributed by atoms with E-state index in [1.165, 1.54) is 6.42 Å². The van der Waals surface area contributed by atoms with Gasteiger partial charge in [-0.25, -0.2) is 0 Å². The quantitative estimate of drug-likeness (QED) is 0.843. The second-order valence-corrected chi connectivity index (χ2v) is 6.70. The summed E-state index contributed by atoms with van der Waals surface area (Å²) in [6.45, 7) is 1.70. The van der Waals surface area contributed by atoms with Crippen LogP contribution in [0.1, 0.15) is 39.0 Å². The van der Waals surface area contributed by atoms with Gasteiger partial charge < -0.3 is 15.0 Å². The van der Waals surface area contributed by atoms with E-state index in [9.17, 15) is 18.0 Å². The summed E-state index contributed by atoms with van der Waals surface area (Å²) < 4.78 is 43.1. The molecular weight excluding hydrogens is 297 g/mol. The van der Waals surface area contributed by atoms with Crippen LogP contribution in [0.4, 0.5) is 13.2 Å². The third kappa shape index (κ3) is 2.73. The maximum atomic E-state index is 12.4. The summed E-state index contributed by atoms with van der Waals surface area (Å²) in [5.74, 6) is -0.411. The molecule has 2 aliphatic carbocycles. The number of amides is 1. The molecule has 0 unspecified atom stereocenters. The summed E-state index contributed by atoms with van der Waals surface area (Å²) >= 11 is 0. The van der Waals surface area contributed by atoms with Crippen molar-refractivity contribution in [3.8, 4) is 0 Å². The van der Waals surface area contributed by atoms with Gasteiger partial charge in [-0.05, 0) is 32.6 Å². The van der Waals surface area contributed by atoms with Gasteiger partial charge >= 0.3 is 6.18 Å². The van der Waals surface area contributed by atoms with Crippen molar-refractivity contribution in [3.05, 3.63) is 0 Å². The Labute approximate surface area is 128 Å². The lowest BCUT2D eigenvalue weighted by Crippen LogP contribution is -2.68. The number of hydrogen-bond donors (Lipinski definition) is 1. The number of ether oxygens (including phenoxy) is 1. The highest BCUT2D eigenvalue weighted by Crippen LogP contribution is 2.57. The molecule has 7 heteroatoms. The molecule has 1 heterocycles. The maximum Gasteiger partial charge on any atom is 0.406 e. The fourth-order valence-corrected chi connectivity index (χ4v) is 4.18. The van der Waals surface area contributed by atoms with E-state index >= 15 is 0 Å². The third-order valence-electron chi connectivity index (χ3n) is 5.51. The van der Waals surface area contributed by atoms with Crippen LogP contribution in [-0.2, 0) is 9.53 Å². The summed E-state index contributed by atoms with van der Waals surface area (Å²) in [5, 5.41) is 3.32. The summed E-state index contributed by atoms with van der Waals surface area (Å²) in [6.07, 6.45) is 0.575. The lowest BCUT2D eigenvalue weighted by molar-refractivity contribution is -0.176. The molecule has 1 amide bonds. The molecule has 4 nitrogen and oxygen atoms in total. The van der Waals surface area contributed by atoms with Gasteiger partial charge in [0.25, 0.3) is 0 Å². The normalized spacial score (nSPS) is 33.9. The molecule has 0 radical (unpaired) electrons. The first-order chi connectivity index (χ1) is 10.4. The van der Waals surface area contributed by atoms with Crippen molar-refractivity contribution < 1.29 is 22.7 Å². The Kier molecular flexibility index (Phi) is 4.14. The van der Waals surface area contributed by atoms with E-state index in [2.05, 4.69) is 5.32 Å². The van der Waals surface area contributed by atoms with E-state index < -0.39 is 24.7 Å². The van der Waals surface area contributed by atoms with Gasteiger partial charge in [0.05, 0.1) is 12.1 Å². The molecule has 1 saturated heterocycles. The number of nitrogens with zero attached hydrogens (tertiary/aromatic N) is 1. The highest BCUT2D eigenvalue weighted by Gasteiger charge is 2.59. The van der Waals surface area contributed by atoms with E-state index in [0.29, 0.717) is 13.0 Å². The molecule has 3 atom stereocenters. The Bertz CT molecular complexity index is 437. The number of halogens is 3. The van der Waals surface area contributed by atoms with Gasteiger partial charge in [0, 0.05) is 24.6 Å². The van der Waals surface area contributed by atoms with Crippen molar-refractivity contribution in [1.82, 2.24) is 10.2 Å². The first-order valence-electron chi connectivity index (χ1n) is 8.09. The summed E-state index contributed by atoms with van der Waals surface area (Å²) in [7, 11) is 0. The van der Waals surface area contributed by atoms with E-state index in [1.807, 2.05) is 6.92 Å². The Morgan fingerprint density at radius 3 is 2.68 bits per heavy atom. The minimum Gasteiger partial charge on any atom is -0.378 e. The first-order valence-corrected chi connectivity index (χ1v) is 8.09. The van der Waals surface area contributed by atoms with Crippen LogP contribution in [0.25, 0.3) is 0 Å². The number of rotatable bonds is 5. The van der Waals surface area contributed by atoms with Gasteiger partial charge in [-0.15, -0.1) is 0 Å². The highest BCUT2D eigenvalue weighted by molar-refractivity contribution is 5.84. The SMILES string of the molecule is CCO[C@@H]1C[C@@H](N[C@@H]2CCN(CC(F)(F)F)C2=O)C12CCC2. The van der Waals surface area contributed by atoms with E-state index in [0.717, 1.165) is 24.2 Å². The Morgan fingerprint density at radius 2 is 2.14 bits per heavy atom. The molecule has 0 aromatic carbocycles. The van der Waals surface area contributed by atoms with E-state index in [-0.39, 0.29) is 24.1 Å². The monoisotopic (exact) mass is 320 g/mol. The summed E-state index contributed by atoms with van der Waals surface area (Å²) in [5.41, 5.74) is 0.119. The van der Waals surface area contributed by atoms with Crippen LogP contribution in [0.5, 0.6) is 0 Å². The van der Waals surface area contributed by atoms with E-state index in [1.54, 1.807) is 0 Å². The molecule has 2 saturated carbocycles. The third-order valence-corrected chi connectivity index (χ3v) is 5.51. The zero-order valence-corrected chi connectivity index (χ0v) is 12.8. The highest BCUT2D eigenvalue weighted by atomic mass is 19.4. The van der Waals surface area contributed by atoms with Crippen LogP contribution in [0, 0.1) is 5.41 Å². The molecule has 22 heavy (non-hydrogen) atoms. The fraction of sp³-hybridized carbons (Fsp3) is 0.933. The molecular formula is C15H23F3N2O2. The number of alkyl halides is 3. The minimum absolute atomic E-state index is 0.119. The first kappa shape index (κ1) is 16.1. The van der Waals surface area contributed by atoms with Crippen LogP contribution in [0.15, 0.2) is 0 Å². The smallest absolute Gasteiger partial charge is 0.378 e. The number of nitrogens with one attached hydrogen (secondary N) is 1. The van der Waals surface area contributed by atoms with Crippen molar-refractivity contribution in [3.63, 3.8) is 0 Å². The van der Waals surface area contributed by atoms with Gasteiger partial charge in [-0.2, -0.15) is 13.2 Å². The molecule has 1 aliphatic heterocycles.